The van der Waals surface area contributed by atoms with Crippen LogP contribution in [0.15, 0.2) is 73.1 Å². The molecule has 1 amide bonds. The van der Waals surface area contributed by atoms with Crippen molar-refractivity contribution in [3.05, 3.63) is 89.7 Å². The van der Waals surface area contributed by atoms with E-state index in [0.29, 0.717) is 42.9 Å². The molecule has 30 heavy (non-hydrogen) atoms. The van der Waals surface area contributed by atoms with Gasteiger partial charge in [0.05, 0.1) is 6.61 Å². The number of aromatic nitrogens is 1. The summed E-state index contributed by atoms with van der Waals surface area (Å²) in [5.74, 6) is 1.24. The van der Waals surface area contributed by atoms with Crippen LogP contribution in [-0.4, -0.2) is 28.4 Å². The van der Waals surface area contributed by atoms with Crippen LogP contribution >= 0.6 is 0 Å². The first-order chi connectivity index (χ1) is 14.7. The monoisotopic (exact) mass is 402 g/mol. The Morgan fingerprint density at radius 1 is 1.00 bits per heavy atom. The number of hydrogen-bond donors (Lipinski definition) is 0. The SMILES string of the molecule is CCOc1cc(C(=O)N(Cc2ccccc2)C2CC2)ccc1OCc1cccnc1. The number of carbonyl (C=O) groups is 1. The van der Waals surface area contributed by atoms with Crippen LogP contribution in [0.2, 0.25) is 0 Å². The molecule has 3 aromatic rings. The molecule has 0 spiro atoms. The van der Waals surface area contributed by atoms with Crippen molar-refractivity contribution >= 4 is 5.91 Å². The summed E-state index contributed by atoms with van der Waals surface area (Å²) < 4.78 is 11.7. The van der Waals surface area contributed by atoms with E-state index in [4.69, 9.17) is 9.47 Å². The number of ether oxygens (including phenoxy) is 2. The van der Waals surface area contributed by atoms with Gasteiger partial charge in [0.2, 0.25) is 0 Å². The first-order valence-electron chi connectivity index (χ1n) is 10.4. The molecule has 1 saturated carbocycles. The quantitative estimate of drug-likeness (QED) is 0.513. The third-order valence-electron chi connectivity index (χ3n) is 5.05. The summed E-state index contributed by atoms with van der Waals surface area (Å²) in [6.45, 7) is 3.43. The average Bonchev–Trinajstić information content (AvgIpc) is 3.63. The lowest BCUT2D eigenvalue weighted by Gasteiger charge is -2.23. The molecule has 0 atom stereocenters. The number of pyridine rings is 1. The van der Waals surface area contributed by atoms with Crippen molar-refractivity contribution in [2.75, 3.05) is 6.61 Å². The van der Waals surface area contributed by atoms with Crippen LogP contribution in [0.4, 0.5) is 0 Å². The molecule has 1 heterocycles. The smallest absolute Gasteiger partial charge is 0.254 e. The molecule has 1 aromatic heterocycles. The fraction of sp³-hybridized carbons (Fsp3) is 0.280. The molecule has 1 fully saturated rings. The molecule has 0 unspecified atom stereocenters. The van der Waals surface area contributed by atoms with Gasteiger partial charge >= 0.3 is 0 Å². The molecular weight excluding hydrogens is 376 g/mol. The third-order valence-corrected chi connectivity index (χ3v) is 5.05. The van der Waals surface area contributed by atoms with Gasteiger partial charge in [-0.05, 0) is 49.6 Å². The van der Waals surface area contributed by atoms with Crippen molar-refractivity contribution < 1.29 is 14.3 Å². The van der Waals surface area contributed by atoms with E-state index in [-0.39, 0.29) is 5.91 Å². The molecule has 1 aliphatic rings. The summed E-state index contributed by atoms with van der Waals surface area (Å²) >= 11 is 0. The van der Waals surface area contributed by atoms with Gasteiger partial charge in [-0.1, -0.05) is 36.4 Å². The number of carbonyl (C=O) groups excluding carboxylic acids is 1. The first-order valence-corrected chi connectivity index (χ1v) is 10.4. The zero-order valence-corrected chi connectivity index (χ0v) is 17.2. The number of hydrogen-bond acceptors (Lipinski definition) is 4. The van der Waals surface area contributed by atoms with Crippen LogP contribution in [-0.2, 0) is 13.2 Å². The normalized spacial score (nSPS) is 13.0. The Kier molecular flexibility index (Phi) is 6.28. The minimum atomic E-state index is 0.0288. The van der Waals surface area contributed by atoms with E-state index >= 15 is 0 Å². The van der Waals surface area contributed by atoms with Crippen molar-refractivity contribution in [2.24, 2.45) is 0 Å². The van der Waals surface area contributed by atoms with Crippen molar-refractivity contribution in [1.82, 2.24) is 9.88 Å². The molecule has 1 aliphatic carbocycles. The Labute approximate surface area is 177 Å². The molecule has 5 heteroatoms. The van der Waals surface area contributed by atoms with E-state index in [9.17, 15) is 4.79 Å². The Morgan fingerprint density at radius 2 is 1.80 bits per heavy atom. The van der Waals surface area contributed by atoms with Crippen LogP contribution in [0.5, 0.6) is 11.5 Å². The second-order valence-electron chi connectivity index (χ2n) is 7.39. The fourth-order valence-electron chi connectivity index (χ4n) is 3.37. The summed E-state index contributed by atoms with van der Waals surface area (Å²) in [5.41, 5.74) is 2.73. The zero-order valence-electron chi connectivity index (χ0n) is 17.2. The van der Waals surface area contributed by atoms with Gasteiger partial charge in [0.15, 0.2) is 11.5 Å². The van der Waals surface area contributed by atoms with Crippen LogP contribution in [0, 0.1) is 0 Å². The standard InChI is InChI=1S/C25H26N2O3/c1-2-29-24-15-21(10-13-23(24)30-18-20-9-6-14-26-16-20)25(28)27(22-11-12-22)17-19-7-4-3-5-8-19/h3-10,13-16,22H,2,11-12,17-18H2,1H3. The second kappa shape index (κ2) is 9.44. The third kappa shape index (κ3) is 4.98. The number of nitrogens with zero attached hydrogens (tertiary/aromatic N) is 2. The van der Waals surface area contributed by atoms with Crippen molar-refractivity contribution in [3.63, 3.8) is 0 Å². The highest BCUT2D eigenvalue weighted by Crippen LogP contribution is 2.33. The van der Waals surface area contributed by atoms with Gasteiger partial charge in [-0.25, -0.2) is 0 Å². The van der Waals surface area contributed by atoms with E-state index in [1.165, 1.54) is 0 Å². The predicted molar refractivity (Wildman–Crippen MR) is 116 cm³/mol. The predicted octanol–water partition coefficient (Wildman–Crippen LogP) is 4.86. The second-order valence-corrected chi connectivity index (χ2v) is 7.39. The number of benzene rings is 2. The highest BCUT2D eigenvalue weighted by atomic mass is 16.5. The first kappa shape index (κ1) is 20.0. The minimum Gasteiger partial charge on any atom is -0.490 e. The van der Waals surface area contributed by atoms with Crippen LogP contribution in [0.3, 0.4) is 0 Å². The van der Waals surface area contributed by atoms with Crippen molar-refractivity contribution in [2.45, 2.75) is 39.0 Å². The van der Waals surface area contributed by atoms with E-state index in [2.05, 4.69) is 17.1 Å². The molecule has 0 bridgehead atoms. The lowest BCUT2D eigenvalue weighted by Crippen LogP contribution is -2.32. The van der Waals surface area contributed by atoms with E-state index in [0.717, 1.165) is 24.0 Å². The van der Waals surface area contributed by atoms with E-state index in [1.54, 1.807) is 18.5 Å². The summed E-state index contributed by atoms with van der Waals surface area (Å²) in [4.78, 5) is 19.4. The number of rotatable bonds is 9. The molecular formula is C25H26N2O3. The Hall–Kier alpha value is -3.34. The summed E-state index contributed by atoms with van der Waals surface area (Å²) in [5, 5.41) is 0. The van der Waals surface area contributed by atoms with Crippen LogP contribution in [0.1, 0.15) is 41.3 Å². The van der Waals surface area contributed by atoms with Gasteiger partial charge in [0.1, 0.15) is 6.61 Å². The number of amides is 1. The van der Waals surface area contributed by atoms with Gasteiger partial charge in [-0.3, -0.25) is 9.78 Å². The maximum Gasteiger partial charge on any atom is 0.254 e. The molecule has 0 aliphatic heterocycles. The maximum absolute atomic E-state index is 13.3. The molecule has 0 radical (unpaired) electrons. The van der Waals surface area contributed by atoms with Crippen molar-refractivity contribution in [1.29, 1.82) is 0 Å². The summed E-state index contributed by atoms with van der Waals surface area (Å²) in [6.07, 6.45) is 5.62. The van der Waals surface area contributed by atoms with Gasteiger partial charge in [-0.15, -0.1) is 0 Å². The lowest BCUT2D eigenvalue weighted by molar-refractivity contribution is 0.0729. The zero-order chi connectivity index (χ0) is 20.8. The molecule has 5 nitrogen and oxygen atoms in total. The Morgan fingerprint density at radius 3 is 2.50 bits per heavy atom. The largest absolute Gasteiger partial charge is 0.490 e. The summed E-state index contributed by atoms with van der Waals surface area (Å²) in [7, 11) is 0. The fourth-order valence-corrected chi connectivity index (χ4v) is 3.37. The van der Waals surface area contributed by atoms with Crippen molar-refractivity contribution in [3.8, 4) is 11.5 Å². The average molecular weight is 402 g/mol. The Balaban J connectivity index is 1.52. The van der Waals surface area contributed by atoms with E-state index < -0.39 is 0 Å². The highest BCUT2D eigenvalue weighted by molar-refractivity contribution is 5.95. The van der Waals surface area contributed by atoms with E-state index in [1.807, 2.05) is 54.3 Å². The van der Waals surface area contributed by atoms with Crippen LogP contribution in [0.25, 0.3) is 0 Å². The molecule has 4 rings (SSSR count). The van der Waals surface area contributed by atoms with Gasteiger partial charge in [-0.2, -0.15) is 0 Å². The molecule has 2 aromatic carbocycles. The molecule has 0 N–H and O–H groups in total. The van der Waals surface area contributed by atoms with Gasteiger partial charge in [0, 0.05) is 36.1 Å². The molecule has 154 valence electrons. The Bertz CT molecular complexity index is 972. The molecule has 0 saturated heterocycles. The van der Waals surface area contributed by atoms with Gasteiger partial charge in [0.25, 0.3) is 5.91 Å². The lowest BCUT2D eigenvalue weighted by atomic mass is 10.1. The topological polar surface area (TPSA) is 51.7 Å². The summed E-state index contributed by atoms with van der Waals surface area (Å²) in [6, 6.07) is 19.7. The highest BCUT2D eigenvalue weighted by Gasteiger charge is 2.33. The maximum atomic E-state index is 13.3. The minimum absolute atomic E-state index is 0.0288. The van der Waals surface area contributed by atoms with Crippen LogP contribution < -0.4 is 9.47 Å². The van der Waals surface area contributed by atoms with Gasteiger partial charge < -0.3 is 14.4 Å².